The predicted octanol–water partition coefficient (Wildman–Crippen LogP) is 4.97. The van der Waals surface area contributed by atoms with E-state index in [2.05, 4.69) is 5.32 Å². The number of nitrogens with zero attached hydrogens (tertiary/aromatic N) is 3. The molecule has 1 saturated heterocycles. The highest BCUT2D eigenvalue weighted by atomic mass is 32.2. The standard InChI is InChI=1S/C24H16N4O8S/c29-22(25-16-4-2-1-3-5-16)14-26-23(30)21(37-24(26)31)12-15-6-9-18(10-7-15)36-20-11-8-17(27(32)33)13-19(20)28(34)35/h1-13H,14H2,(H,25,29)/b21-12+. The van der Waals surface area contributed by atoms with E-state index in [-0.39, 0.29) is 16.4 Å². The van der Waals surface area contributed by atoms with Gasteiger partial charge < -0.3 is 10.1 Å². The monoisotopic (exact) mass is 520 g/mol. The van der Waals surface area contributed by atoms with E-state index in [4.69, 9.17) is 4.74 Å². The molecule has 0 radical (unpaired) electrons. The van der Waals surface area contributed by atoms with Crippen LogP contribution in [0.3, 0.4) is 0 Å². The largest absolute Gasteiger partial charge is 0.450 e. The minimum atomic E-state index is -0.785. The average Bonchev–Trinajstić information content (AvgIpc) is 3.13. The summed E-state index contributed by atoms with van der Waals surface area (Å²) in [6, 6.07) is 17.7. The van der Waals surface area contributed by atoms with Gasteiger partial charge in [-0.25, -0.2) is 0 Å². The number of hydrogen-bond donors (Lipinski definition) is 1. The Kier molecular flexibility index (Phi) is 7.25. The molecule has 0 bridgehead atoms. The molecule has 3 aromatic carbocycles. The van der Waals surface area contributed by atoms with Crippen LogP contribution in [-0.4, -0.2) is 38.3 Å². The number of thioether (sulfide) groups is 1. The van der Waals surface area contributed by atoms with Gasteiger partial charge in [0.25, 0.3) is 16.8 Å². The molecular formula is C24H16N4O8S. The molecule has 186 valence electrons. The average molecular weight is 520 g/mol. The minimum Gasteiger partial charge on any atom is -0.450 e. The molecule has 0 spiro atoms. The first-order valence-corrected chi connectivity index (χ1v) is 11.3. The number of nitrogens with one attached hydrogen (secondary N) is 1. The van der Waals surface area contributed by atoms with Crippen LogP contribution in [0.25, 0.3) is 6.08 Å². The van der Waals surface area contributed by atoms with Gasteiger partial charge >= 0.3 is 5.69 Å². The Hall–Kier alpha value is -5.04. The molecule has 0 unspecified atom stereocenters. The molecule has 0 aromatic heterocycles. The fraction of sp³-hybridized carbons (Fsp3) is 0.0417. The third-order valence-electron chi connectivity index (χ3n) is 4.99. The van der Waals surface area contributed by atoms with Crippen LogP contribution in [0.4, 0.5) is 21.9 Å². The number of imide groups is 1. The Morgan fingerprint density at radius 2 is 1.68 bits per heavy atom. The van der Waals surface area contributed by atoms with Crippen molar-refractivity contribution in [2.75, 3.05) is 11.9 Å². The van der Waals surface area contributed by atoms with Crippen LogP contribution < -0.4 is 10.1 Å². The van der Waals surface area contributed by atoms with Gasteiger partial charge in [-0.2, -0.15) is 0 Å². The summed E-state index contributed by atoms with van der Waals surface area (Å²) in [7, 11) is 0. The molecule has 12 nitrogen and oxygen atoms in total. The highest BCUT2D eigenvalue weighted by molar-refractivity contribution is 8.18. The number of nitro groups is 2. The Labute approximate surface area is 212 Å². The SMILES string of the molecule is O=C(CN1C(=O)S/C(=C/c2ccc(Oc3ccc([N+](=O)[O-])cc3[N+](=O)[O-])cc2)C1=O)Nc1ccccc1. The van der Waals surface area contributed by atoms with Crippen molar-refractivity contribution in [3.63, 3.8) is 0 Å². The van der Waals surface area contributed by atoms with E-state index in [0.717, 1.165) is 23.1 Å². The molecule has 1 aliphatic heterocycles. The Balaban J connectivity index is 1.44. The Morgan fingerprint density at radius 1 is 0.973 bits per heavy atom. The van der Waals surface area contributed by atoms with Gasteiger partial charge in [-0.05, 0) is 53.7 Å². The normalized spacial score (nSPS) is 14.1. The second-order valence-corrected chi connectivity index (χ2v) is 8.51. The molecule has 1 fully saturated rings. The number of hydrogen-bond acceptors (Lipinski definition) is 9. The van der Waals surface area contributed by atoms with Gasteiger partial charge in [0, 0.05) is 11.8 Å². The van der Waals surface area contributed by atoms with Gasteiger partial charge in [0.2, 0.25) is 11.7 Å². The summed E-state index contributed by atoms with van der Waals surface area (Å²) < 4.78 is 5.51. The van der Waals surface area contributed by atoms with Crippen molar-refractivity contribution in [1.29, 1.82) is 0 Å². The van der Waals surface area contributed by atoms with E-state index in [1.807, 2.05) is 0 Å². The highest BCUT2D eigenvalue weighted by Gasteiger charge is 2.36. The number of ether oxygens (including phenoxy) is 1. The van der Waals surface area contributed by atoms with E-state index in [1.165, 1.54) is 18.2 Å². The number of rotatable bonds is 8. The molecule has 1 aliphatic rings. The lowest BCUT2D eigenvalue weighted by molar-refractivity contribution is -0.394. The Morgan fingerprint density at radius 3 is 2.32 bits per heavy atom. The molecule has 0 aliphatic carbocycles. The van der Waals surface area contributed by atoms with Crippen LogP contribution in [0.5, 0.6) is 11.5 Å². The number of para-hydroxylation sites is 1. The summed E-state index contributed by atoms with van der Waals surface area (Å²) in [5.74, 6) is -1.10. The van der Waals surface area contributed by atoms with Gasteiger partial charge in [0.1, 0.15) is 12.3 Å². The molecule has 1 heterocycles. The third kappa shape index (κ3) is 5.97. The van der Waals surface area contributed by atoms with Crippen molar-refractivity contribution in [2.45, 2.75) is 0 Å². The first kappa shape index (κ1) is 25.1. The predicted molar refractivity (Wildman–Crippen MR) is 134 cm³/mol. The molecule has 13 heteroatoms. The van der Waals surface area contributed by atoms with Crippen molar-refractivity contribution < 1.29 is 29.0 Å². The van der Waals surface area contributed by atoms with Crippen molar-refractivity contribution in [1.82, 2.24) is 4.90 Å². The Bertz CT molecular complexity index is 1440. The highest BCUT2D eigenvalue weighted by Crippen LogP contribution is 2.35. The van der Waals surface area contributed by atoms with Gasteiger partial charge in [0.15, 0.2) is 0 Å². The number of carbonyl (C=O) groups excluding carboxylic acids is 3. The zero-order valence-electron chi connectivity index (χ0n) is 18.7. The lowest BCUT2D eigenvalue weighted by Gasteiger charge is -2.12. The molecule has 0 atom stereocenters. The number of non-ortho nitro benzene ring substituents is 1. The summed E-state index contributed by atoms with van der Waals surface area (Å²) in [6.07, 6.45) is 1.47. The minimum absolute atomic E-state index is 0.122. The second-order valence-electron chi connectivity index (χ2n) is 7.52. The smallest absolute Gasteiger partial charge is 0.318 e. The number of nitro benzene ring substituents is 2. The van der Waals surface area contributed by atoms with Crippen molar-refractivity contribution >= 4 is 52.0 Å². The van der Waals surface area contributed by atoms with E-state index < -0.39 is 44.8 Å². The van der Waals surface area contributed by atoms with Crippen LogP contribution in [0, 0.1) is 20.2 Å². The topological polar surface area (TPSA) is 162 Å². The molecule has 4 rings (SSSR count). The van der Waals surface area contributed by atoms with Crippen LogP contribution in [0.1, 0.15) is 5.56 Å². The summed E-state index contributed by atoms with van der Waals surface area (Å²) in [5, 5.41) is 24.2. The quantitative estimate of drug-likeness (QED) is 0.245. The zero-order valence-corrected chi connectivity index (χ0v) is 19.5. The number of carbonyl (C=O) groups is 3. The third-order valence-corrected chi connectivity index (χ3v) is 5.90. The molecule has 0 saturated carbocycles. The zero-order chi connectivity index (χ0) is 26.5. The lowest BCUT2D eigenvalue weighted by atomic mass is 10.2. The fourth-order valence-corrected chi connectivity index (χ4v) is 4.10. The van der Waals surface area contributed by atoms with E-state index in [0.29, 0.717) is 23.0 Å². The first-order valence-electron chi connectivity index (χ1n) is 10.5. The van der Waals surface area contributed by atoms with Crippen molar-refractivity contribution in [2.24, 2.45) is 0 Å². The number of anilines is 1. The van der Waals surface area contributed by atoms with E-state index in [1.54, 1.807) is 42.5 Å². The summed E-state index contributed by atoms with van der Waals surface area (Å²) >= 11 is 0.698. The van der Waals surface area contributed by atoms with Crippen LogP contribution in [0.2, 0.25) is 0 Å². The van der Waals surface area contributed by atoms with Gasteiger partial charge in [0.05, 0.1) is 20.8 Å². The van der Waals surface area contributed by atoms with Crippen LogP contribution in [0.15, 0.2) is 77.7 Å². The van der Waals surface area contributed by atoms with Crippen LogP contribution >= 0.6 is 11.8 Å². The van der Waals surface area contributed by atoms with Gasteiger partial charge in [-0.15, -0.1) is 0 Å². The van der Waals surface area contributed by atoms with E-state index >= 15 is 0 Å². The van der Waals surface area contributed by atoms with Gasteiger partial charge in [-0.1, -0.05) is 30.3 Å². The maximum atomic E-state index is 12.7. The molecular weight excluding hydrogens is 504 g/mol. The lowest BCUT2D eigenvalue weighted by Crippen LogP contribution is -2.36. The molecule has 37 heavy (non-hydrogen) atoms. The van der Waals surface area contributed by atoms with Gasteiger partial charge in [-0.3, -0.25) is 39.5 Å². The van der Waals surface area contributed by atoms with Crippen LogP contribution in [-0.2, 0) is 9.59 Å². The summed E-state index contributed by atoms with van der Waals surface area (Å²) in [4.78, 5) is 58.9. The maximum absolute atomic E-state index is 12.7. The number of amides is 3. The van der Waals surface area contributed by atoms with Crippen molar-refractivity contribution in [3.05, 3.63) is 103 Å². The van der Waals surface area contributed by atoms with Crippen molar-refractivity contribution in [3.8, 4) is 11.5 Å². The molecule has 3 amide bonds. The summed E-state index contributed by atoms with van der Waals surface area (Å²) in [5.41, 5.74) is 0.0605. The molecule has 1 N–H and O–H groups in total. The fourth-order valence-electron chi connectivity index (χ4n) is 3.26. The summed E-state index contributed by atoms with van der Waals surface area (Å²) in [6.45, 7) is -0.433. The maximum Gasteiger partial charge on any atom is 0.318 e. The second kappa shape index (κ2) is 10.7. The van der Waals surface area contributed by atoms with E-state index in [9.17, 15) is 34.6 Å². The first-order chi connectivity index (χ1) is 17.7. The molecule has 3 aromatic rings. The number of benzene rings is 3.